The lowest BCUT2D eigenvalue weighted by atomic mass is 9.83. The zero-order valence-electron chi connectivity index (χ0n) is 15.8. The number of pyridine rings is 1. The van der Waals surface area contributed by atoms with Gasteiger partial charge >= 0.3 is 0 Å². The van der Waals surface area contributed by atoms with E-state index in [9.17, 15) is 19.7 Å². The van der Waals surface area contributed by atoms with E-state index in [2.05, 4.69) is 22.9 Å². The van der Waals surface area contributed by atoms with Crippen LogP contribution in [0.15, 0.2) is 47.1 Å². The molecule has 1 aromatic carbocycles. The SMILES string of the molecule is C=CCNc1sc2c3c(c(=O)[nH]c2c1C#N)C(c1c(F)cccc1Cl)C(C#N)=C(N)O3. The molecule has 0 saturated carbocycles. The Morgan fingerprint density at radius 2 is 2.16 bits per heavy atom. The molecular weight excluding hydrogens is 441 g/mol. The first kappa shape index (κ1) is 20.5. The van der Waals surface area contributed by atoms with E-state index in [1.54, 1.807) is 6.08 Å². The summed E-state index contributed by atoms with van der Waals surface area (Å²) in [5.74, 6) is -2.07. The first-order valence-corrected chi connectivity index (χ1v) is 10.1. The van der Waals surface area contributed by atoms with Crippen LogP contribution in [0.25, 0.3) is 10.2 Å². The Morgan fingerprint density at radius 3 is 2.81 bits per heavy atom. The van der Waals surface area contributed by atoms with Crippen molar-refractivity contribution in [1.82, 2.24) is 4.98 Å². The van der Waals surface area contributed by atoms with Gasteiger partial charge in [-0.05, 0) is 12.1 Å². The van der Waals surface area contributed by atoms with Gasteiger partial charge in [-0.2, -0.15) is 10.5 Å². The summed E-state index contributed by atoms with van der Waals surface area (Å²) in [6.45, 7) is 4.02. The van der Waals surface area contributed by atoms with Crippen molar-refractivity contribution in [2.75, 3.05) is 11.9 Å². The molecule has 0 fully saturated rings. The van der Waals surface area contributed by atoms with Gasteiger partial charge in [0.15, 0.2) is 5.75 Å². The second kappa shape index (κ2) is 7.80. The number of ether oxygens (including phenoxy) is 1. The van der Waals surface area contributed by atoms with Gasteiger partial charge in [0.25, 0.3) is 5.56 Å². The van der Waals surface area contributed by atoms with Crippen LogP contribution in [-0.2, 0) is 0 Å². The summed E-state index contributed by atoms with van der Waals surface area (Å²) < 4.78 is 20.9. The van der Waals surface area contributed by atoms with Crippen molar-refractivity contribution in [2.24, 2.45) is 5.73 Å². The molecule has 1 atom stereocenters. The summed E-state index contributed by atoms with van der Waals surface area (Å²) in [6.07, 6.45) is 1.62. The quantitative estimate of drug-likeness (QED) is 0.511. The molecule has 4 N–H and O–H groups in total. The first-order valence-electron chi connectivity index (χ1n) is 8.91. The second-order valence-electron chi connectivity index (χ2n) is 6.55. The number of benzene rings is 1. The third-order valence-electron chi connectivity index (χ3n) is 4.82. The molecule has 0 amide bonds. The first-order chi connectivity index (χ1) is 14.9. The fourth-order valence-corrected chi connectivity index (χ4v) is 4.90. The van der Waals surface area contributed by atoms with E-state index in [1.165, 1.54) is 18.2 Å². The number of H-pyrrole nitrogens is 1. The number of hydrogen-bond donors (Lipinski definition) is 3. The Labute approximate surface area is 184 Å². The fourth-order valence-electron chi connectivity index (χ4n) is 3.52. The van der Waals surface area contributed by atoms with Crippen LogP contribution in [-0.4, -0.2) is 11.5 Å². The van der Waals surface area contributed by atoms with E-state index in [4.69, 9.17) is 22.1 Å². The topological polar surface area (TPSA) is 128 Å². The van der Waals surface area contributed by atoms with E-state index >= 15 is 0 Å². The molecule has 3 aromatic rings. The molecule has 0 aliphatic carbocycles. The lowest BCUT2D eigenvalue weighted by molar-refractivity contribution is 0.396. The molecular formula is C21H13ClFN5O2S. The van der Waals surface area contributed by atoms with E-state index < -0.39 is 17.3 Å². The number of thiophene rings is 1. The number of halogens is 2. The average molecular weight is 454 g/mol. The molecule has 7 nitrogen and oxygen atoms in total. The summed E-state index contributed by atoms with van der Waals surface area (Å²) in [7, 11) is 0. The second-order valence-corrected chi connectivity index (χ2v) is 7.98. The number of allylic oxidation sites excluding steroid dienone is 1. The summed E-state index contributed by atoms with van der Waals surface area (Å²) in [6, 6.07) is 8.04. The van der Waals surface area contributed by atoms with Gasteiger partial charge in [-0.1, -0.05) is 23.7 Å². The van der Waals surface area contributed by atoms with E-state index in [-0.39, 0.29) is 44.4 Å². The third-order valence-corrected chi connectivity index (χ3v) is 6.30. The highest BCUT2D eigenvalue weighted by atomic mass is 35.5. The Hall–Kier alpha value is -3.79. The van der Waals surface area contributed by atoms with Crippen molar-refractivity contribution in [3.63, 3.8) is 0 Å². The predicted octanol–water partition coefficient (Wildman–Crippen LogP) is 4.07. The van der Waals surface area contributed by atoms with Crippen molar-refractivity contribution >= 4 is 38.2 Å². The monoisotopic (exact) mass is 453 g/mol. The van der Waals surface area contributed by atoms with Gasteiger partial charge in [0.1, 0.15) is 34.1 Å². The summed E-state index contributed by atoms with van der Waals surface area (Å²) >= 11 is 7.42. The summed E-state index contributed by atoms with van der Waals surface area (Å²) in [5, 5.41) is 22.9. The molecule has 0 bridgehead atoms. The third kappa shape index (κ3) is 3.12. The van der Waals surface area contributed by atoms with Crippen LogP contribution in [0.2, 0.25) is 5.02 Å². The minimum Gasteiger partial charge on any atom is -0.438 e. The zero-order chi connectivity index (χ0) is 22.3. The van der Waals surface area contributed by atoms with Gasteiger partial charge in [0.05, 0.1) is 21.7 Å². The number of hydrogen-bond acceptors (Lipinski definition) is 7. The van der Waals surface area contributed by atoms with E-state index in [1.807, 2.05) is 6.07 Å². The van der Waals surface area contributed by atoms with Crippen LogP contribution in [0, 0.1) is 28.5 Å². The molecule has 0 saturated heterocycles. The Kier molecular flexibility index (Phi) is 5.15. The van der Waals surface area contributed by atoms with Crippen LogP contribution >= 0.6 is 22.9 Å². The van der Waals surface area contributed by atoms with Gasteiger partial charge < -0.3 is 20.8 Å². The Bertz CT molecular complexity index is 1410. The molecule has 154 valence electrons. The number of nitriles is 2. The van der Waals surface area contributed by atoms with Gasteiger partial charge in [0.2, 0.25) is 5.88 Å². The molecule has 31 heavy (non-hydrogen) atoms. The summed E-state index contributed by atoms with van der Waals surface area (Å²) in [5.41, 5.74) is 5.64. The maximum Gasteiger partial charge on any atom is 0.256 e. The molecule has 1 aliphatic heterocycles. The van der Waals surface area contributed by atoms with Crippen molar-refractivity contribution in [3.8, 4) is 17.9 Å². The Balaban J connectivity index is 2.09. The van der Waals surface area contributed by atoms with Crippen LogP contribution in [0.1, 0.15) is 22.6 Å². The molecule has 1 unspecified atom stereocenters. The molecule has 10 heteroatoms. The van der Waals surface area contributed by atoms with E-state index in [0.29, 0.717) is 16.2 Å². The smallest absolute Gasteiger partial charge is 0.256 e. The highest BCUT2D eigenvalue weighted by Crippen LogP contribution is 2.48. The van der Waals surface area contributed by atoms with Crippen molar-refractivity contribution in [3.05, 3.63) is 80.2 Å². The highest BCUT2D eigenvalue weighted by molar-refractivity contribution is 7.23. The number of anilines is 1. The molecule has 3 heterocycles. The minimum atomic E-state index is -1.17. The lowest BCUT2D eigenvalue weighted by Crippen LogP contribution is -2.28. The van der Waals surface area contributed by atoms with Gasteiger partial charge in [0, 0.05) is 17.1 Å². The van der Waals surface area contributed by atoms with Crippen LogP contribution in [0.5, 0.6) is 5.75 Å². The van der Waals surface area contributed by atoms with Gasteiger partial charge in [-0.25, -0.2) is 4.39 Å². The number of aromatic amines is 1. The summed E-state index contributed by atoms with van der Waals surface area (Å²) in [4.78, 5) is 15.8. The van der Waals surface area contributed by atoms with Crippen LogP contribution in [0.3, 0.4) is 0 Å². The van der Waals surface area contributed by atoms with Crippen molar-refractivity contribution < 1.29 is 9.13 Å². The number of nitrogens with two attached hydrogens (primary N) is 1. The fraction of sp³-hybridized carbons (Fsp3) is 0.0952. The lowest BCUT2D eigenvalue weighted by Gasteiger charge is -2.26. The number of nitrogens with zero attached hydrogens (tertiary/aromatic N) is 2. The molecule has 4 rings (SSSR count). The molecule has 0 radical (unpaired) electrons. The van der Waals surface area contributed by atoms with Gasteiger partial charge in [-0.15, -0.1) is 17.9 Å². The number of rotatable bonds is 4. The van der Waals surface area contributed by atoms with Crippen molar-refractivity contribution in [1.29, 1.82) is 10.5 Å². The van der Waals surface area contributed by atoms with Crippen LogP contribution < -0.4 is 21.3 Å². The highest BCUT2D eigenvalue weighted by Gasteiger charge is 2.38. The maximum atomic E-state index is 14.8. The minimum absolute atomic E-state index is 0.00809. The van der Waals surface area contributed by atoms with Gasteiger partial charge in [-0.3, -0.25) is 4.79 Å². The van der Waals surface area contributed by atoms with E-state index in [0.717, 1.165) is 11.3 Å². The largest absolute Gasteiger partial charge is 0.438 e. The maximum absolute atomic E-state index is 14.8. The van der Waals surface area contributed by atoms with Crippen molar-refractivity contribution in [2.45, 2.75) is 5.92 Å². The average Bonchev–Trinajstić information content (AvgIpc) is 3.09. The normalized spacial score (nSPS) is 15.0. The predicted molar refractivity (Wildman–Crippen MR) is 117 cm³/mol. The molecule has 0 spiro atoms. The number of nitrogens with one attached hydrogen (secondary N) is 2. The standard InChI is InChI=1S/C21H13ClFN5O2S/c1-2-6-27-21-10(8-25)16-18(31-21)17-15(20(29)28-16)13(9(7-24)19(26)30-17)14-11(22)4-3-5-12(14)23/h2-5,13,27H,1,6,26H2,(H,28,29). The number of aromatic nitrogens is 1. The zero-order valence-corrected chi connectivity index (χ0v) is 17.3. The Morgan fingerprint density at radius 1 is 1.39 bits per heavy atom. The molecule has 2 aromatic heterocycles. The van der Waals surface area contributed by atoms with Crippen LogP contribution in [0.4, 0.5) is 9.39 Å². The number of fused-ring (bicyclic) bond motifs is 3. The molecule has 1 aliphatic rings.